The molecule has 4 aromatic rings. The van der Waals surface area contributed by atoms with E-state index in [-0.39, 0.29) is 0 Å². The summed E-state index contributed by atoms with van der Waals surface area (Å²) < 4.78 is 4.39. The van der Waals surface area contributed by atoms with Gasteiger partial charge in [0.2, 0.25) is 0 Å². The highest BCUT2D eigenvalue weighted by Gasteiger charge is 2.20. The minimum Gasteiger partial charge on any atom is -0.343 e. The Morgan fingerprint density at radius 3 is 2.50 bits per heavy atom. The lowest BCUT2D eigenvalue weighted by Crippen LogP contribution is -2.30. The van der Waals surface area contributed by atoms with Gasteiger partial charge in [-0.2, -0.15) is 0 Å². The van der Waals surface area contributed by atoms with Crippen LogP contribution in [0, 0.1) is 5.92 Å². The Hall–Kier alpha value is -2.92. The predicted octanol–water partition coefficient (Wildman–Crippen LogP) is 5.37. The second-order valence-corrected chi connectivity index (χ2v) is 9.24. The number of aromatic nitrogens is 4. The van der Waals surface area contributed by atoms with E-state index in [0.29, 0.717) is 0 Å². The lowest BCUT2D eigenvalue weighted by Gasteiger charge is -2.28. The highest BCUT2D eigenvalue weighted by Crippen LogP contribution is 2.30. The van der Waals surface area contributed by atoms with Crippen LogP contribution < -0.4 is 5.32 Å². The Morgan fingerprint density at radius 2 is 1.75 bits per heavy atom. The van der Waals surface area contributed by atoms with Gasteiger partial charge < -0.3 is 9.88 Å². The lowest BCUT2D eigenvalue weighted by molar-refractivity contribution is 0.285. The molecule has 1 N–H and O–H groups in total. The summed E-state index contributed by atoms with van der Waals surface area (Å²) in [5, 5.41) is 12.8. The zero-order chi connectivity index (χ0) is 21.8. The van der Waals surface area contributed by atoms with Gasteiger partial charge in [0.1, 0.15) is 12.7 Å². The predicted molar refractivity (Wildman–Crippen MR) is 130 cm³/mol. The van der Waals surface area contributed by atoms with Gasteiger partial charge in [-0.3, -0.25) is 4.57 Å². The summed E-state index contributed by atoms with van der Waals surface area (Å²) in [5.74, 6) is 0.893. The molecule has 5 heteroatoms. The largest absolute Gasteiger partial charge is 0.343 e. The summed E-state index contributed by atoms with van der Waals surface area (Å²) in [5.41, 5.74) is 5.21. The molecule has 0 aliphatic heterocycles. The molecule has 1 fully saturated rings. The molecule has 0 radical (unpaired) electrons. The molecule has 0 bridgehead atoms. The molecule has 2 aromatic carbocycles. The molecule has 0 amide bonds. The average Bonchev–Trinajstić information content (AvgIpc) is 3.49. The lowest BCUT2D eigenvalue weighted by atomic mass is 9.83. The maximum atomic E-state index is 3.98. The van der Waals surface area contributed by atoms with Crippen LogP contribution in [0.2, 0.25) is 0 Å². The van der Waals surface area contributed by atoms with Gasteiger partial charge in [0.15, 0.2) is 0 Å². The summed E-state index contributed by atoms with van der Waals surface area (Å²) in [6.45, 7) is 0.900. The van der Waals surface area contributed by atoms with Gasteiger partial charge in [-0.1, -0.05) is 36.8 Å². The first-order valence-corrected chi connectivity index (χ1v) is 12.0. The first-order chi connectivity index (χ1) is 15.8. The van der Waals surface area contributed by atoms with Crippen LogP contribution in [0.15, 0.2) is 67.4 Å². The molecule has 2 heterocycles. The summed E-state index contributed by atoms with van der Waals surface area (Å²) >= 11 is 0. The molecule has 166 valence electrons. The van der Waals surface area contributed by atoms with Crippen LogP contribution in [0.3, 0.4) is 0 Å². The number of nitrogens with zero attached hydrogens (tertiary/aromatic N) is 4. The van der Waals surface area contributed by atoms with Crippen LogP contribution in [0.4, 0.5) is 0 Å². The van der Waals surface area contributed by atoms with Gasteiger partial charge >= 0.3 is 0 Å². The van der Waals surface area contributed by atoms with Gasteiger partial charge in [0, 0.05) is 35.4 Å². The Morgan fingerprint density at radius 1 is 0.969 bits per heavy atom. The SMILES string of the molecule is CNC1CCC(CCCc2cn(Cc3ccccc3)c3ccc(-n4cnnc4)cc23)CC1. The molecule has 0 saturated heterocycles. The number of benzene rings is 2. The van der Waals surface area contributed by atoms with Gasteiger partial charge in [-0.25, -0.2) is 0 Å². The monoisotopic (exact) mass is 427 g/mol. The number of hydrogen-bond donors (Lipinski definition) is 1. The molecule has 2 aromatic heterocycles. The van der Waals surface area contributed by atoms with Crippen molar-refractivity contribution in [3.8, 4) is 5.69 Å². The van der Waals surface area contributed by atoms with Crippen molar-refractivity contribution < 1.29 is 0 Å². The van der Waals surface area contributed by atoms with Crippen molar-refractivity contribution in [3.05, 3.63) is 78.5 Å². The van der Waals surface area contributed by atoms with Crippen LogP contribution in [0.25, 0.3) is 16.6 Å². The minimum absolute atomic E-state index is 0.735. The van der Waals surface area contributed by atoms with E-state index in [4.69, 9.17) is 0 Å². The molecule has 1 aliphatic carbocycles. The zero-order valence-electron chi connectivity index (χ0n) is 19.0. The Labute approximate surface area is 190 Å². The van der Waals surface area contributed by atoms with Crippen LogP contribution >= 0.6 is 0 Å². The van der Waals surface area contributed by atoms with Gasteiger partial charge in [-0.15, -0.1) is 10.2 Å². The van der Waals surface area contributed by atoms with E-state index in [1.54, 1.807) is 12.7 Å². The molecular formula is C27H33N5. The second-order valence-electron chi connectivity index (χ2n) is 9.24. The van der Waals surface area contributed by atoms with Crippen molar-refractivity contribution >= 4 is 10.9 Å². The number of fused-ring (bicyclic) bond motifs is 1. The maximum absolute atomic E-state index is 3.98. The summed E-state index contributed by atoms with van der Waals surface area (Å²) in [6, 6.07) is 18.2. The van der Waals surface area contributed by atoms with Crippen molar-refractivity contribution in [2.24, 2.45) is 5.92 Å². The van der Waals surface area contributed by atoms with E-state index in [0.717, 1.165) is 30.6 Å². The Balaban J connectivity index is 1.36. The summed E-state index contributed by atoms with van der Waals surface area (Å²) in [6.07, 6.45) is 15.1. The minimum atomic E-state index is 0.735. The van der Waals surface area contributed by atoms with Crippen LogP contribution in [0.5, 0.6) is 0 Å². The molecule has 1 aliphatic rings. The topological polar surface area (TPSA) is 47.7 Å². The molecule has 0 spiro atoms. The van der Waals surface area contributed by atoms with Crippen LogP contribution in [0.1, 0.15) is 49.7 Å². The van der Waals surface area contributed by atoms with Crippen molar-refractivity contribution in [3.63, 3.8) is 0 Å². The van der Waals surface area contributed by atoms with E-state index in [1.807, 2.05) is 4.57 Å². The summed E-state index contributed by atoms with van der Waals surface area (Å²) in [7, 11) is 2.10. The van der Waals surface area contributed by atoms with E-state index in [2.05, 4.69) is 81.9 Å². The Kier molecular flexibility index (Phi) is 6.35. The Bertz CT molecular complexity index is 1120. The smallest absolute Gasteiger partial charge is 0.123 e. The van der Waals surface area contributed by atoms with Gasteiger partial charge in [-0.05, 0) is 80.8 Å². The molecule has 32 heavy (non-hydrogen) atoms. The van der Waals surface area contributed by atoms with E-state index < -0.39 is 0 Å². The van der Waals surface area contributed by atoms with Crippen molar-refractivity contribution in [1.29, 1.82) is 0 Å². The fourth-order valence-corrected chi connectivity index (χ4v) is 5.28. The molecule has 0 atom stereocenters. The number of hydrogen-bond acceptors (Lipinski definition) is 3. The number of nitrogens with one attached hydrogen (secondary N) is 1. The third-order valence-corrected chi connectivity index (χ3v) is 7.17. The fraction of sp³-hybridized carbons (Fsp3) is 0.407. The average molecular weight is 428 g/mol. The van der Waals surface area contributed by atoms with Crippen molar-refractivity contribution in [2.45, 2.75) is 57.5 Å². The molecule has 0 unspecified atom stereocenters. The number of rotatable bonds is 8. The third-order valence-electron chi connectivity index (χ3n) is 7.17. The quantitative estimate of drug-likeness (QED) is 0.411. The molecule has 5 rings (SSSR count). The highest BCUT2D eigenvalue weighted by atomic mass is 15.2. The standard InChI is InChI=1S/C27H33N5/c1-28-24-12-10-21(11-13-24)8-5-9-23-18-31(17-22-6-3-2-4-7-22)27-15-14-25(16-26(23)27)32-19-29-30-20-32/h2-4,6-7,14-16,18-21,24,28H,5,8-13,17H2,1H3. The first kappa shape index (κ1) is 21.0. The molecular weight excluding hydrogens is 394 g/mol. The summed E-state index contributed by atoms with van der Waals surface area (Å²) in [4.78, 5) is 0. The third kappa shape index (κ3) is 4.63. The van der Waals surface area contributed by atoms with E-state index in [1.165, 1.54) is 60.6 Å². The van der Waals surface area contributed by atoms with E-state index >= 15 is 0 Å². The second kappa shape index (κ2) is 9.70. The highest BCUT2D eigenvalue weighted by molar-refractivity contribution is 5.86. The van der Waals surface area contributed by atoms with Crippen LogP contribution in [-0.4, -0.2) is 32.4 Å². The normalized spacial score (nSPS) is 18.9. The first-order valence-electron chi connectivity index (χ1n) is 12.0. The molecule has 5 nitrogen and oxygen atoms in total. The van der Waals surface area contributed by atoms with Crippen molar-refractivity contribution in [1.82, 2.24) is 24.6 Å². The van der Waals surface area contributed by atoms with Gasteiger partial charge in [0.05, 0.1) is 0 Å². The number of aryl methyl sites for hydroxylation is 1. The van der Waals surface area contributed by atoms with Crippen LogP contribution in [-0.2, 0) is 13.0 Å². The zero-order valence-corrected chi connectivity index (χ0v) is 19.0. The van der Waals surface area contributed by atoms with E-state index in [9.17, 15) is 0 Å². The fourth-order valence-electron chi connectivity index (χ4n) is 5.28. The van der Waals surface area contributed by atoms with Gasteiger partial charge in [0.25, 0.3) is 0 Å². The van der Waals surface area contributed by atoms with Crippen molar-refractivity contribution in [2.75, 3.05) is 7.05 Å². The maximum Gasteiger partial charge on any atom is 0.123 e. The molecule has 1 saturated carbocycles.